The lowest BCUT2D eigenvalue weighted by molar-refractivity contribution is 0.0665. The molecule has 1 aliphatic rings. The number of amides is 1. The Bertz CT molecular complexity index is 908. The Balaban J connectivity index is 1.86. The number of furan rings is 1. The molecule has 27 heavy (non-hydrogen) atoms. The molecular weight excluding hydrogens is 434 g/mol. The van der Waals surface area contributed by atoms with Crippen LogP contribution in [-0.4, -0.2) is 43.4 Å². The molecule has 6 nitrogen and oxygen atoms in total. The van der Waals surface area contributed by atoms with E-state index in [1.165, 1.54) is 0 Å². The van der Waals surface area contributed by atoms with Gasteiger partial charge < -0.3 is 14.1 Å². The molecule has 0 aliphatic carbocycles. The van der Waals surface area contributed by atoms with E-state index >= 15 is 0 Å². The van der Waals surface area contributed by atoms with Gasteiger partial charge in [0.25, 0.3) is 5.91 Å². The number of halogens is 1. The Labute approximate surface area is 167 Å². The van der Waals surface area contributed by atoms with Crippen LogP contribution in [-0.2, 0) is 16.4 Å². The van der Waals surface area contributed by atoms with Gasteiger partial charge in [-0.15, -0.1) is 0 Å². The average molecular weight is 456 g/mol. The lowest BCUT2D eigenvalue weighted by Gasteiger charge is -2.27. The third-order valence-electron chi connectivity index (χ3n) is 4.42. The first-order chi connectivity index (χ1) is 12.9. The summed E-state index contributed by atoms with van der Waals surface area (Å²) >= 11 is 3.26. The topological polar surface area (TPSA) is 76.8 Å². The van der Waals surface area contributed by atoms with Crippen molar-refractivity contribution in [1.82, 2.24) is 4.90 Å². The summed E-state index contributed by atoms with van der Waals surface area (Å²) in [6.45, 7) is 2.80. The van der Waals surface area contributed by atoms with Crippen LogP contribution in [0.2, 0.25) is 0 Å². The second-order valence-corrected chi connectivity index (χ2v) is 9.58. The van der Waals surface area contributed by atoms with E-state index in [1.54, 1.807) is 41.3 Å². The first-order valence-corrected chi connectivity index (χ1v) is 11.5. The maximum absolute atomic E-state index is 13.2. The first-order valence-electron chi connectivity index (χ1n) is 8.86. The highest BCUT2D eigenvalue weighted by Gasteiger charge is 2.35. The van der Waals surface area contributed by atoms with Gasteiger partial charge in [-0.2, -0.15) is 0 Å². The van der Waals surface area contributed by atoms with E-state index in [-0.39, 0.29) is 30.0 Å². The molecule has 3 rings (SSSR count). The van der Waals surface area contributed by atoms with E-state index in [9.17, 15) is 13.2 Å². The van der Waals surface area contributed by atoms with E-state index in [0.29, 0.717) is 34.8 Å². The second kappa shape index (κ2) is 8.48. The number of carbonyl (C=O) groups excluding carboxylic acids is 1. The minimum atomic E-state index is -3.12. The van der Waals surface area contributed by atoms with Crippen LogP contribution in [0, 0.1) is 0 Å². The molecule has 1 aromatic carbocycles. The zero-order valence-corrected chi connectivity index (χ0v) is 17.5. The van der Waals surface area contributed by atoms with Gasteiger partial charge in [-0.1, -0.05) is 13.0 Å². The van der Waals surface area contributed by atoms with Crippen molar-refractivity contribution in [3.05, 3.63) is 52.4 Å². The Morgan fingerprint density at radius 2 is 2.15 bits per heavy atom. The third kappa shape index (κ3) is 5.13. The zero-order chi connectivity index (χ0) is 19.4. The van der Waals surface area contributed by atoms with Gasteiger partial charge in [0.2, 0.25) is 0 Å². The van der Waals surface area contributed by atoms with Crippen LogP contribution in [0.25, 0.3) is 0 Å². The van der Waals surface area contributed by atoms with Gasteiger partial charge in [-0.3, -0.25) is 4.79 Å². The Morgan fingerprint density at radius 1 is 1.33 bits per heavy atom. The number of rotatable bonds is 7. The summed E-state index contributed by atoms with van der Waals surface area (Å²) in [5.74, 6) is 1.07. The minimum Gasteiger partial charge on any atom is -0.494 e. The van der Waals surface area contributed by atoms with Crippen molar-refractivity contribution < 1.29 is 22.4 Å². The van der Waals surface area contributed by atoms with Crippen molar-refractivity contribution in [2.45, 2.75) is 32.4 Å². The maximum Gasteiger partial charge on any atom is 0.254 e. The zero-order valence-electron chi connectivity index (χ0n) is 15.1. The molecule has 1 atom stereocenters. The van der Waals surface area contributed by atoms with E-state index in [4.69, 9.17) is 9.15 Å². The van der Waals surface area contributed by atoms with E-state index < -0.39 is 9.84 Å². The highest BCUT2D eigenvalue weighted by atomic mass is 79.9. The Morgan fingerprint density at radius 3 is 2.78 bits per heavy atom. The van der Waals surface area contributed by atoms with Crippen LogP contribution in [0.4, 0.5) is 0 Å². The molecule has 1 amide bonds. The lowest BCUT2D eigenvalue weighted by Crippen LogP contribution is -2.40. The van der Waals surface area contributed by atoms with Crippen LogP contribution in [0.1, 0.15) is 35.9 Å². The minimum absolute atomic E-state index is 0.0212. The van der Waals surface area contributed by atoms with Crippen molar-refractivity contribution in [1.29, 1.82) is 0 Å². The van der Waals surface area contributed by atoms with E-state index in [1.807, 2.05) is 6.92 Å². The smallest absolute Gasteiger partial charge is 0.254 e. The molecule has 146 valence electrons. The number of hydrogen-bond donors (Lipinski definition) is 0. The molecule has 0 N–H and O–H groups in total. The van der Waals surface area contributed by atoms with Gasteiger partial charge in [-0.25, -0.2) is 8.42 Å². The van der Waals surface area contributed by atoms with Crippen molar-refractivity contribution in [2.75, 3.05) is 18.1 Å². The van der Waals surface area contributed by atoms with Gasteiger partial charge >= 0.3 is 0 Å². The fourth-order valence-corrected chi connectivity index (χ4v) is 5.17. The number of carbonyl (C=O) groups is 1. The van der Waals surface area contributed by atoms with Crippen molar-refractivity contribution >= 4 is 31.7 Å². The summed E-state index contributed by atoms with van der Waals surface area (Å²) in [5.41, 5.74) is 0.471. The third-order valence-corrected chi connectivity index (χ3v) is 6.60. The normalized spacial score (nSPS) is 18.4. The molecule has 0 saturated carbocycles. The monoisotopic (exact) mass is 455 g/mol. The summed E-state index contributed by atoms with van der Waals surface area (Å²) in [5, 5.41) is 0. The molecular formula is C19H22BrNO5S. The van der Waals surface area contributed by atoms with Crippen LogP contribution < -0.4 is 4.74 Å². The van der Waals surface area contributed by atoms with E-state index in [2.05, 4.69) is 15.9 Å². The summed E-state index contributed by atoms with van der Waals surface area (Å²) in [4.78, 5) is 14.8. The van der Waals surface area contributed by atoms with Gasteiger partial charge in [0.15, 0.2) is 14.5 Å². The highest BCUT2D eigenvalue weighted by Crippen LogP contribution is 2.25. The standard InChI is InChI=1S/C19H22BrNO5S/c1-2-9-25-16-5-3-4-14(11-16)19(22)21(12-17-6-7-18(20)26-17)15-8-10-27(23,24)13-15/h3-7,11,15H,2,8-10,12-13H2,1H3. The number of hydrogen-bond acceptors (Lipinski definition) is 5. The fraction of sp³-hybridized carbons (Fsp3) is 0.421. The molecule has 1 aromatic heterocycles. The molecule has 1 unspecified atom stereocenters. The average Bonchev–Trinajstić information content (AvgIpc) is 3.22. The molecule has 0 spiro atoms. The molecule has 1 saturated heterocycles. The molecule has 2 aromatic rings. The number of benzene rings is 1. The number of sulfone groups is 1. The quantitative estimate of drug-likeness (QED) is 0.636. The lowest BCUT2D eigenvalue weighted by atomic mass is 10.1. The Kier molecular flexibility index (Phi) is 6.26. The predicted molar refractivity (Wildman–Crippen MR) is 106 cm³/mol. The number of nitrogens with zero attached hydrogens (tertiary/aromatic N) is 1. The summed E-state index contributed by atoms with van der Waals surface area (Å²) in [7, 11) is -3.12. The first kappa shape index (κ1) is 19.9. The van der Waals surface area contributed by atoms with Gasteiger partial charge in [0, 0.05) is 11.6 Å². The number of ether oxygens (including phenoxy) is 1. The van der Waals surface area contributed by atoms with Crippen LogP contribution >= 0.6 is 15.9 Å². The SMILES string of the molecule is CCCOc1cccc(C(=O)N(Cc2ccc(Br)o2)C2CCS(=O)(=O)C2)c1. The van der Waals surface area contributed by atoms with Crippen molar-refractivity contribution in [3.63, 3.8) is 0 Å². The summed E-state index contributed by atoms with van der Waals surface area (Å²) < 4.78 is 35.6. The van der Waals surface area contributed by atoms with E-state index in [0.717, 1.165) is 6.42 Å². The molecule has 1 aliphatic heterocycles. The molecule has 0 radical (unpaired) electrons. The molecule has 2 heterocycles. The van der Waals surface area contributed by atoms with Gasteiger partial charge in [-0.05, 0) is 59.1 Å². The highest BCUT2D eigenvalue weighted by molar-refractivity contribution is 9.10. The largest absolute Gasteiger partial charge is 0.494 e. The second-order valence-electron chi connectivity index (χ2n) is 6.57. The van der Waals surface area contributed by atoms with Crippen LogP contribution in [0.15, 0.2) is 45.5 Å². The van der Waals surface area contributed by atoms with Gasteiger partial charge in [0.1, 0.15) is 11.5 Å². The molecule has 0 bridgehead atoms. The van der Waals surface area contributed by atoms with Gasteiger partial charge in [0.05, 0.1) is 24.7 Å². The van der Waals surface area contributed by atoms with Crippen molar-refractivity contribution in [2.24, 2.45) is 0 Å². The maximum atomic E-state index is 13.2. The van der Waals surface area contributed by atoms with Crippen molar-refractivity contribution in [3.8, 4) is 5.75 Å². The van der Waals surface area contributed by atoms with Crippen LogP contribution in [0.3, 0.4) is 0 Å². The Hall–Kier alpha value is -1.80. The predicted octanol–water partition coefficient (Wildman–Crippen LogP) is 3.66. The fourth-order valence-electron chi connectivity index (χ4n) is 3.10. The summed E-state index contributed by atoms with van der Waals surface area (Å²) in [6, 6.07) is 10.2. The van der Waals surface area contributed by atoms with Crippen LogP contribution in [0.5, 0.6) is 5.75 Å². The molecule has 1 fully saturated rings. The summed E-state index contributed by atoms with van der Waals surface area (Å²) in [6.07, 6.45) is 1.31. The molecule has 8 heteroatoms.